The monoisotopic (exact) mass is 231 g/mol. The Morgan fingerprint density at radius 1 is 0.875 bits per heavy atom. The zero-order valence-corrected chi connectivity index (χ0v) is 9.69. The molecule has 1 unspecified atom stereocenters. The van der Waals surface area contributed by atoms with E-state index >= 15 is 0 Å². The lowest BCUT2D eigenvalue weighted by Gasteiger charge is -2.11. The third kappa shape index (κ3) is 3.01. The lowest BCUT2D eigenvalue weighted by molar-refractivity contribution is 0.977. The molecular formula is C14H14ClN. The first kappa shape index (κ1) is 11.0. The Morgan fingerprint density at radius 3 is 2.06 bits per heavy atom. The molecular weight excluding hydrogens is 218 g/mol. The van der Waals surface area contributed by atoms with Gasteiger partial charge in [-0.1, -0.05) is 48.5 Å². The van der Waals surface area contributed by atoms with Crippen molar-refractivity contribution in [3.05, 3.63) is 66.2 Å². The predicted molar refractivity (Wildman–Crippen MR) is 70.0 cm³/mol. The molecule has 2 aromatic rings. The van der Waals surface area contributed by atoms with Crippen molar-refractivity contribution in [1.82, 2.24) is 0 Å². The number of para-hydroxylation sites is 1. The van der Waals surface area contributed by atoms with Gasteiger partial charge in [-0.3, -0.25) is 0 Å². The summed E-state index contributed by atoms with van der Waals surface area (Å²) >= 11 is 6.29. The summed E-state index contributed by atoms with van der Waals surface area (Å²) in [5.74, 6) is 0. The van der Waals surface area contributed by atoms with E-state index in [1.807, 2.05) is 60.7 Å². The van der Waals surface area contributed by atoms with E-state index < -0.39 is 0 Å². The first-order chi connectivity index (χ1) is 7.86. The topological polar surface area (TPSA) is 12.0 Å². The van der Waals surface area contributed by atoms with E-state index in [4.69, 9.17) is 11.6 Å². The molecule has 1 atom stereocenters. The highest BCUT2D eigenvalue weighted by Gasteiger charge is 2.05. The van der Waals surface area contributed by atoms with Crippen LogP contribution in [0.3, 0.4) is 0 Å². The van der Waals surface area contributed by atoms with Crippen LogP contribution in [0.15, 0.2) is 60.7 Å². The van der Waals surface area contributed by atoms with Crippen molar-refractivity contribution in [1.29, 1.82) is 0 Å². The van der Waals surface area contributed by atoms with Crippen molar-refractivity contribution in [3.63, 3.8) is 0 Å². The first-order valence-electron chi connectivity index (χ1n) is 5.34. The van der Waals surface area contributed by atoms with E-state index in [2.05, 4.69) is 5.32 Å². The van der Waals surface area contributed by atoms with Gasteiger partial charge < -0.3 is 5.32 Å². The molecule has 16 heavy (non-hydrogen) atoms. The fraction of sp³-hybridized carbons (Fsp3) is 0.143. The summed E-state index contributed by atoms with van der Waals surface area (Å²) in [5.41, 5.74) is 2.25. The molecule has 1 nitrogen and oxygen atoms in total. The molecule has 2 heteroatoms. The van der Waals surface area contributed by atoms with Gasteiger partial charge in [0.2, 0.25) is 0 Å². The summed E-state index contributed by atoms with van der Waals surface area (Å²) in [6.07, 6.45) is 0. The average molecular weight is 232 g/mol. The largest absolute Gasteiger partial charge is 0.383 e. The van der Waals surface area contributed by atoms with E-state index in [1.165, 1.54) is 0 Å². The van der Waals surface area contributed by atoms with E-state index in [9.17, 15) is 0 Å². The summed E-state index contributed by atoms with van der Waals surface area (Å²) in [5, 5.41) is 3.31. The SMILES string of the molecule is ClC(CNc1ccccc1)c1ccccc1. The van der Waals surface area contributed by atoms with Crippen molar-refractivity contribution in [2.24, 2.45) is 0 Å². The van der Waals surface area contributed by atoms with Crippen molar-refractivity contribution in [3.8, 4) is 0 Å². The van der Waals surface area contributed by atoms with Crippen LogP contribution in [0, 0.1) is 0 Å². The molecule has 0 aromatic heterocycles. The average Bonchev–Trinajstić information content (AvgIpc) is 2.38. The van der Waals surface area contributed by atoms with E-state index in [0.717, 1.165) is 17.8 Å². The van der Waals surface area contributed by atoms with Crippen LogP contribution < -0.4 is 5.32 Å². The van der Waals surface area contributed by atoms with Crippen LogP contribution >= 0.6 is 11.6 Å². The van der Waals surface area contributed by atoms with Gasteiger partial charge in [0.05, 0.1) is 5.38 Å². The summed E-state index contributed by atoms with van der Waals surface area (Å²) in [4.78, 5) is 0. The zero-order valence-electron chi connectivity index (χ0n) is 8.94. The molecule has 0 bridgehead atoms. The van der Waals surface area contributed by atoms with Gasteiger partial charge in [-0.25, -0.2) is 0 Å². The van der Waals surface area contributed by atoms with E-state index in [1.54, 1.807) is 0 Å². The third-order valence-electron chi connectivity index (χ3n) is 2.42. The third-order valence-corrected chi connectivity index (χ3v) is 2.83. The first-order valence-corrected chi connectivity index (χ1v) is 5.78. The molecule has 1 N–H and O–H groups in total. The van der Waals surface area contributed by atoms with Crippen LogP contribution in [0.2, 0.25) is 0 Å². The second-order valence-corrected chi connectivity index (χ2v) is 4.15. The molecule has 2 rings (SSSR count). The Labute approximate surface area is 101 Å². The lowest BCUT2D eigenvalue weighted by atomic mass is 10.1. The number of hydrogen-bond acceptors (Lipinski definition) is 1. The lowest BCUT2D eigenvalue weighted by Crippen LogP contribution is -2.07. The molecule has 0 saturated heterocycles. The Balaban J connectivity index is 1.92. The summed E-state index contributed by atoms with van der Waals surface area (Å²) in [7, 11) is 0. The molecule has 2 aromatic carbocycles. The second kappa shape index (κ2) is 5.57. The van der Waals surface area contributed by atoms with Crippen LogP contribution in [-0.4, -0.2) is 6.54 Å². The molecule has 0 aliphatic carbocycles. The van der Waals surface area contributed by atoms with Gasteiger partial charge in [-0.15, -0.1) is 11.6 Å². The number of anilines is 1. The van der Waals surface area contributed by atoms with Gasteiger partial charge in [0.25, 0.3) is 0 Å². The van der Waals surface area contributed by atoms with Crippen LogP contribution in [0.4, 0.5) is 5.69 Å². The summed E-state index contributed by atoms with van der Waals surface area (Å²) in [6.45, 7) is 0.732. The van der Waals surface area contributed by atoms with Gasteiger partial charge in [0.1, 0.15) is 0 Å². The Kier molecular flexibility index (Phi) is 3.84. The molecule has 0 heterocycles. The summed E-state index contributed by atoms with van der Waals surface area (Å²) in [6, 6.07) is 20.2. The maximum atomic E-state index is 6.29. The molecule has 82 valence electrons. The predicted octanol–water partition coefficient (Wildman–Crippen LogP) is 4.08. The highest BCUT2D eigenvalue weighted by molar-refractivity contribution is 6.21. The van der Waals surface area contributed by atoms with Crippen molar-refractivity contribution >= 4 is 17.3 Å². The van der Waals surface area contributed by atoms with Crippen LogP contribution in [-0.2, 0) is 0 Å². The number of alkyl halides is 1. The highest BCUT2D eigenvalue weighted by atomic mass is 35.5. The second-order valence-electron chi connectivity index (χ2n) is 3.63. The molecule has 0 fully saturated rings. The Hall–Kier alpha value is -1.47. The minimum atomic E-state index is 0.00130. The van der Waals surface area contributed by atoms with Gasteiger partial charge in [0, 0.05) is 12.2 Å². The molecule has 0 aliphatic heterocycles. The van der Waals surface area contributed by atoms with Crippen LogP contribution in [0.5, 0.6) is 0 Å². The molecule has 0 spiro atoms. The van der Waals surface area contributed by atoms with Gasteiger partial charge in [-0.05, 0) is 17.7 Å². The number of halogens is 1. The van der Waals surface area contributed by atoms with Crippen molar-refractivity contribution < 1.29 is 0 Å². The summed E-state index contributed by atoms with van der Waals surface area (Å²) < 4.78 is 0. The number of rotatable bonds is 4. The minimum absolute atomic E-state index is 0.00130. The minimum Gasteiger partial charge on any atom is -0.383 e. The van der Waals surface area contributed by atoms with Crippen molar-refractivity contribution in [2.45, 2.75) is 5.38 Å². The zero-order chi connectivity index (χ0) is 11.2. The number of hydrogen-bond donors (Lipinski definition) is 1. The van der Waals surface area contributed by atoms with Crippen LogP contribution in [0.1, 0.15) is 10.9 Å². The van der Waals surface area contributed by atoms with E-state index in [0.29, 0.717) is 0 Å². The maximum Gasteiger partial charge on any atom is 0.0757 e. The van der Waals surface area contributed by atoms with Gasteiger partial charge >= 0.3 is 0 Å². The number of nitrogens with one attached hydrogen (secondary N) is 1. The van der Waals surface area contributed by atoms with Gasteiger partial charge in [0.15, 0.2) is 0 Å². The fourth-order valence-electron chi connectivity index (χ4n) is 1.54. The standard InChI is InChI=1S/C14H14ClN/c15-14(12-7-3-1-4-8-12)11-16-13-9-5-2-6-10-13/h1-10,14,16H,11H2. The quantitative estimate of drug-likeness (QED) is 0.782. The fourth-order valence-corrected chi connectivity index (χ4v) is 1.77. The highest BCUT2D eigenvalue weighted by Crippen LogP contribution is 2.20. The van der Waals surface area contributed by atoms with E-state index in [-0.39, 0.29) is 5.38 Å². The van der Waals surface area contributed by atoms with Crippen molar-refractivity contribution in [2.75, 3.05) is 11.9 Å². The Bertz CT molecular complexity index is 413. The van der Waals surface area contributed by atoms with Gasteiger partial charge in [-0.2, -0.15) is 0 Å². The smallest absolute Gasteiger partial charge is 0.0757 e. The maximum absolute atomic E-state index is 6.29. The molecule has 0 radical (unpaired) electrons. The van der Waals surface area contributed by atoms with Crippen LogP contribution in [0.25, 0.3) is 0 Å². The molecule has 0 aliphatic rings. The normalized spacial score (nSPS) is 12.1. The molecule has 0 amide bonds. The molecule has 0 saturated carbocycles. The Morgan fingerprint density at radius 2 is 1.44 bits per heavy atom. The number of benzene rings is 2.